The first-order valence-corrected chi connectivity index (χ1v) is 7.04. The van der Waals surface area contributed by atoms with Crippen molar-refractivity contribution in [2.45, 2.75) is 32.6 Å². The number of carbonyl (C=O) groups excluding carboxylic acids is 1. The molecule has 0 saturated heterocycles. The van der Waals surface area contributed by atoms with Crippen LogP contribution in [0.15, 0.2) is 17.8 Å². The van der Waals surface area contributed by atoms with Gasteiger partial charge in [0.25, 0.3) is 0 Å². The van der Waals surface area contributed by atoms with E-state index in [9.17, 15) is 4.79 Å². The van der Waals surface area contributed by atoms with Gasteiger partial charge in [-0.1, -0.05) is 6.92 Å². The third kappa shape index (κ3) is 2.14. The van der Waals surface area contributed by atoms with Crippen molar-refractivity contribution in [2.75, 3.05) is 0 Å². The van der Waals surface area contributed by atoms with Gasteiger partial charge in [-0.25, -0.2) is 4.98 Å². The summed E-state index contributed by atoms with van der Waals surface area (Å²) >= 11 is 1.64. The Bertz CT molecular complexity index is 514. The highest BCUT2D eigenvalue weighted by molar-refractivity contribution is 7.15. The number of aromatic nitrogens is 2. The maximum atomic E-state index is 11.9. The highest BCUT2D eigenvalue weighted by atomic mass is 32.1. The van der Waals surface area contributed by atoms with Crippen molar-refractivity contribution in [1.29, 1.82) is 0 Å². The third-order valence-electron chi connectivity index (χ3n) is 3.62. The van der Waals surface area contributed by atoms with E-state index in [-0.39, 0.29) is 5.92 Å². The zero-order valence-electron chi connectivity index (χ0n) is 9.93. The Hall–Kier alpha value is -1.16. The summed E-state index contributed by atoms with van der Waals surface area (Å²) < 4.78 is 2.04. The molecule has 0 radical (unpaired) electrons. The molecule has 0 amide bonds. The van der Waals surface area contributed by atoms with Crippen LogP contribution in [0.25, 0.3) is 4.96 Å². The summed E-state index contributed by atoms with van der Waals surface area (Å²) in [5.41, 5.74) is 1.06. The Balaban J connectivity index is 1.77. The van der Waals surface area contributed by atoms with Gasteiger partial charge >= 0.3 is 0 Å². The molecule has 90 valence electrons. The van der Waals surface area contributed by atoms with Crippen molar-refractivity contribution >= 4 is 22.1 Å². The number of imidazole rings is 1. The highest BCUT2D eigenvalue weighted by Crippen LogP contribution is 2.28. The van der Waals surface area contributed by atoms with E-state index in [1.807, 2.05) is 16.0 Å². The topological polar surface area (TPSA) is 34.4 Å². The molecule has 4 heteroatoms. The maximum Gasteiger partial charge on any atom is 0.193 e. The first-order chi connectivity index (χ1) is 8.22. The lowest BCUT2D eigenvalue weighted by molar-refractivity contribution is -0.125. The summed E-state index contributed by atoms with van der Waals surface area (Å²) in [4.78, 5) is 17.4. The van der Waals surface area contributed by atoms with Gasteiger partial charge in [0, 0.05) is 36.5 Å². The van der Waals surface area contributed by atoms with Gasteiger partial charge in [-0.3, -0.25) is 9.20 Å². The van der Waals surface area contributed by atoms with Crippen LogP contribution in [0.4, 0.5) is 0 Å². The predicted octanol–water partition coefficient (Wildman–Crippen LogP) is 2.94. The average Bonchev–Trinajstić information content (AvgIpc) is 2.83. The summed E-state index contributed by atoms with van der Waals surface area (Å²) in [5.74, 6) is 1.31. The Morgan fingerprint density at radius 2 is 2.47 bits per heavy atom. The van der Waals surface area contributed by atoms with Gasteiger partial charge in [-0.2, -0.15) is 0 Å². The second-order valence-electron chi connectivity index (χ2n) is 5.07. The fourth-order valence-electron chi connectivity index (χ4n) is 2.65. The van der Waals surface area contributed by atoms with E-state index in [0.717, 1.165) is 36.3 Å². The smallest absolute Gasteiger partial charge is 0.193 e. The van der Waals surface area contributed by atoms with Crippen molar-refractivity contribution in [3.8, 4) is 0 Å². The van der Waals surface area contributed by atoms with E-state index in [1.165, 1.54) is 0 Å². The lowest BCUT2D eigenvalue weighted by Gasteiger charge is -2.24. The fourth-order valence-corrected chi connectivity index (χ4v) is 3.37. The highest BCUT2D eigenvalue weighted by Gasteiger charge is 2.27. The molecule has 2 aromatic rings. The quantitative estimate of drug-likeness (QED) is 0.819. The monoisotopic (exact) mass is 248 g/mol. The summed E-state index contributed by atoms with van der Waals surface area (Å²) in [6.07, 6.45) is 7.74. The summed E-state index contributed by atoms with van der Waals surface area (Å²) in [7, 11) is 0. The van der Waals surface area contributed by atoms with Crippen LogP contribution < -0.4 is 0 Å². The number of fused-ring (bicyclic) bond motifs is 1. The van der Waals surface area contributed by atoms with Crippen LogP contribution in [0.5, 0.6) is 0 Å². The largest absolute Gasteiger partial charge is 0.299 e. The van der Waals surface area contributed by atoms with Crippen molar-refractivity contribution < 1.29 is 4.79 Å². The van der Waals surface area contributed by atoms with Crippen LogP contribution in [-0.4, -0.2) is 15.2 Å². The molecule has 0 N–H and O–H groups in total. The van der Waals surface area contributed by atoms with Crippen LogP contribution in [-0.2, 0) is 11.2 Å². The van der Waals surface area contributed by atoms with Crippen LogP contribution in [0.1, 0.15) is 31.9 Å². The fraction of sp³-hybridized carbons (Fsp3) is 0.538. The molecule has 1 aliphatic rings. The molecule has 0 spiro atoms. The lowest BCUT2D eigenvalue weighted by atomic mass is 9.79. The van der Waals surface area contributed by atoms with Gasteiger partial charge in [-0.15, -0.1) is 11.3 Å². The first kappa shape index (κ1) is 11.0. The molecule has 1 saturated carbocycles. The summed E-state index contributed by atoms with van der Waals surface area (Å²) in [5, 5.41) is 2.03. The van der Waals surface area contributed by atoms with E-state index in [4.69, 9.17) is 0 Å². The van der Waals surface area contributed by atoms with Crippen molar-refractivity contribution in [1.82, 2.24) is 9.38 Å². The molecule has 17 heavy (non-hydrogen) atoms. The van der Waals surface area contributed by atoms with Crippen molar-refractivity contribution in [3.63, 3.8) is 0 Å². The number of ketones is 1. The van der Waals surface area contributed by atoms with Gasteiger partial charge in [0.1, 0.15) is 5.78 Å². The van der Waals surface area contributed by atoms with Gasteiger partial charge in [0.2, 0.25) is 0 Å². The number of nitrogens with zero attached hydrogens (tertiary/aromatic N) is 2. The van der Waals surface area contributed by atoms with E-state index in [2.05, 4.69) is 18.1 Å². The second-order valence-corrected chi connectivity index (χ2v) is 5.95. The molecule has 2 heterocycles. The predicted molar refractivity (Wildman–Crippen MR) is 68.3 cm³/mol. The minimum atomic E-state index is 0.198. The van der Waals surface area contributed by atoms with E-state index in [0.29, 0.717) is 11.7 Å². The average molecular weight is 248 g/mol. The van der Waals surface area contributed by atoms with Crippen LogP contribution in [0.3, 0.4) is 0 Å². The minimum absolute atomic E-state index is 0.198. The van der Waals surface area contributed by atoms with Gasteiger partial charge in [0.05, 0.1) is 5.69 Å². The molecule has 3 rings (SSSR count). The number of hydrogen-bond acceptors (Lipinski definition) is 3. The van der Waals surface area contributed by atoms with Gasteiger partial charge in [-0.05, 0) is 18.8 Å². The van der Waals surface area contributed by atoms with E-state index in [1.54, 1.807) is 11.3 Å². The zero-order chi connectivity index (χ0) is 11.8. The molecule has 1 aliphatic carbocycles. The minimum Gasteiger partial charge on any atom is -0.299 e. The molecular weight excluding hydrogens is 232 g/mol. The lowest BCUT2D eigenvalue weighted by Crippen LogP contribution is -2.25. The number of Topliss-reactive ketones (excluding diaryl/α,β-unsaturated/α-hetero) is 1. The molecule has 0 aliphatic heterocycles. The molecule has 2 unspecified atom stereocenters. The molecule has 2 aromatic heterocycles. The third-order valence-corrected chi connectivity index (χ3v) is 4.40. The molecule has 0 aromatic carbocycles. The van der Waals surface area contributed by atoms with Crippen LogP contribution >= 0.6 is 11.3 Å². The summed E-state index contributed by atoms with van der Waals surface area (Å²) in [6.45, 7) is 2.24. The van der Waals surface area contributed by atoms with Crippen LogP contribution in [0.2, 0.25) is 0 Å². The molecule has 0 bridgehead atoms. The Kier molecular flexibility index (Phi) is 2.74. The summed E-state index contributed by atoms with van der Waals surface area (Å²) in [6, 6.07) is 0. The Morgan fingerprint density at radius 1 is 1.59 bits per heavy atom. The van der Waals surface area contributed by atoms with Gasteiger partial charge in [0.15, 0.2) is 4.96 Å². The number of carbonyl (C=O) groups is 1. The standard InChI is InChI=1S/C13H16N2OS/c1-9-2-3-12(16)10(6-9)7-11-8-15-4-5-17-13(15)14-11/h4-5,8-10H,2-3,6-7H2,1H3. The Labute approximate surface area is 104 Å². The SMILES string of the molecule is CC1CCC(=O)C(Cc2cn3ccsc3n2)C1. The molecule has 3 nitrogen and oxygen atoms in total. The van der Waals surface area contributed by atoms with Crippen LogP contribution in [0, 0.1) is 11.8 Å². The molecule has 1 fully saturated rings. The number of hydrogen-bond donors (Lipinski definition) is 0. The normalized spacial score (nSPS) is 25.6. The van der Waals surface area contributed by atoms with Crippen molar-refractivity contribution in [2.24, 2.45) is 11.8 Å². The number of rotatable bonds is 2. The van der Waals surface area contributed by atoms with Crippen molar-refractivity contribution in [3.05, 3.63) is 23.5 Å². The second kappa shape index (κ2) is 4.26. The number of thiazole rings is 1. The first-order valence-electron chi connectivity index (χ1n) is 6.16. The van der Waals surface area contributed by atoms with E-state index < -0.39 is 0 Å². The molecule has 2 atom stereocenters. The Morgan fingerprint density at radius 3 is 3.29 bits per heavy atom. The maximum absolute atomic E-state index is 11.9. The van der Waals surface area contributed by atoms with E-state index >= 15 is 0 Å². The molecular formula is C13H16N2OS. The zero-order valence-corrected chi connectivity index (χ0v) is 10.7. The van der Waals surface area contributed by atoms with Gasteiger partial charge < -0.3 is 0 Å².